The Labute approximate surface area is 222 Å². The standard InChI is InChI=1S/C35H40O2/c1-20-14-28(15-21(2)26(20)7)32(29-16-22(3)33(36)23(4)17-29)27-10-12-30(13-11-27)35(8,9)31-18-24(5)34(37)25(6)19-31/h10-19,32,36-37H,1-9H3. The lowest BCUT2D eigenvalue weighted by Crippen LogP contribution is -2.19. The Kier molecular flexibility index (Phi) is 6.99. The average molecular weight is 493 g/mol. The molecule has 0 amide bonds. The predicted molar refractivity (Wildman–Crippen MR) is 155 cm³/mol. The van der Waals surface area contributed by atoms with Gasteiger partial charge in [-0.15, -0.1) is 0 Å². The number of rotatable bonds is 5. The summed E-state index contributed by atoms with van der Waals surface area (Å²) in [7, 11) is 0. The van der Waals surface area contributed by atoms with Gasteiger partial charge in [0.2, 0.25) is 0 Å². The van der Waals surface area contributed by atoms with Crippen LogP contribution in [0.1, 0.15) is 86.5 Å². The SMILES string of the molecule is Cc1cc(C(c2ccc(C(C)(C)c3cc(C)c(O)c(C)c3)cc2)c2cc(C)c(O)c(C)c2)cc(C)c1C. The van der Waals surface area contributed by atoms with Gasteiger partial charge in [0, 0.05) is 11.3 Å². The van der Waals surface area contributed by atoms with Crippen LogP contribution in [0.4, 0.5) is 0 Å². The van der Waals surface area contributed by atoms with Crippen LogP contribution in [0.25, 0.3) is 0 Å². The van der Waals surface area contributed by atoms with Crippen molar-refractivity contribution in [1.29, 1.82) is 0 Å². The highest BCUT2D eigenvalue weighted by atomic mass is 16.3. The largest absolute Gasteiger partial charge is 0.507 e. The second kappa shape index (κ2) is 9.74. The number of phenols is 2. The molecule has 0 aliphatic heterocycles. The molecule has 0 fully saturated rings. The van der Waals surface area contributed by atoms with Crippen molar-refractivity contribution < 1.29 is 10.2 Å². The normalized spacial score (nSPS) is 12.6. The molecular formula is C35H40O2. The maximum Gasteiger partial charge on any atom is 0.121 e. The first-order valence-corrected chi connectivity index (χ1v) is 13.1. The molecule has 2 heteroatoms. The second-order valence-corrected chi connectivity index (χ2v) is 11.4. The Hall–Kier alpha value is -3.52. The molecule has 0 radical (unpaired) electrons. The van der Waals surface area contributed by atoms with Crippen molar-refractivity contribution >= 4 is 0 Å². The molecular weight excluding hydrogens is 452 g/mol. The van der Waals surface area contributed by atoms with Crippen LogP contribution in [-0.2, 0) is 5.41 Å². The third-order valence-electron chi connectivity index (χ3n) is 8.31. The molecule has 0 spiro atoms. The molecule has 0 aliphatic rings. The summed E-state index contributed by atoms with van der Waals surface area (Å²) < 4.78 is 0. The molecule has 0 saturated carbocycles. The van der Waals surface area contributed by atoms with Gasteiger partial charge in [-0.2, -0.15) is 0 Å². The molecule has 37 heavy (non-hydrogen) atoms. The molecule has 0 aliphatic carbocycles. The molecule has 4 aromatic carbocycles. The smallest absolute Gasteiger partial charge is 0.121 e. The van der Waals surface area contributed by atoms with Gasteiger partial charge >= 0.3 is 0 Å². The van der Waals surface area contributed by atoms with E-state index in [-0.39, 0.29) is 11.3 Å². The summed E-state index contributed by atoms with van der Waals surface area (Å²) in [6.45, 7) is 18.9. The van der Waals surface area contributed by atoms with Gasteiger partial charge in [-0.1, -0.05) is 74.5 Å². The van der Waals surface area contributed by atoms with Crippen molar-refractivity contribution in [1.82, 2.24) is 0 Å². The number of aromatic hydroxyl groups is 2. The van der Waals surface area contributed by atoms with Crippen LogP contribution >= 0.6 is 0 Å². The molecule has 4 aromatic rings. The van der Waals surface area contributed by atoms with Gasteiger partial charge in [0.1, 0.15) is 11.5 Å². The van der Waals surface area contributed by atoms with Crippen molar-refractivity contribution in [3.8, 4) is 11.5 Å². The summed E-state index contributed by atoms with van der Waals surface area (Å²) in [5.74, 6) is 0.808. The molecule has 2 nitrogen and oxygen atoms in total. The highest BCUT2D eigenvalue weighted by molar-refractivity contribution is 5.53. The van der Waals surface area contributed by atoms with E-state index >= 15 is 0 Å². The number of phenolic OH excluding ortho intramolecular Hbond substituents is 2. The first kappa shape index (κ1) is 26.5. The van der Waals surface area contributed by atoms with E-state index in [1.54, 1.807) is 0 Å². The van der Waals surface area contributed by atoms with E-state index in [1.165, 1.54) is 44.5 Å². The lowest BCUT2D eigenvalue weighted by atomic mass is 9.75. The number of benzene rings is 4. The molecule has 4 rings (SSSR count). The summed E-state index contributed by atoms with van der Waals surface area (Å²) in [5.41, 5.74) is 13.4. The van der Waals surface area contributed by atoms with Crippen molar-refractivity contribution in [2.24, 2.45) is 0 Å². The third kappa shape index (κ3) is 4.90. The molecule has 0 saturated heterocycles. The Morgan fingerprint density at radius 3 is 1.30 bits per heavy atom. The second-order valence-electron chi connectivity index (χ2n) is 11.4. The zero-order valence-corrected chi connectivity index (χ0v) is 23.7. The minimum atomic E-state index is -0.208. The van der Waals surface area contributed by atoms with Crippen LogP contribution in [0, 0.1) is 48.5 Å². The predicted octanol–water partition coefficient (Wildman–Crippen LogP) is 8.76. The first-order valence-electron chi connectivity index (χ1n) is 13.1. The van der Waals surface area contributed by atoms with Crippen LogP contribution in [0.5, 0.6) is 11.5 Å². The number of hydrogen-bond donors (Lipinski definition) is 2. The van der Waals surface area contributed by atoms with E-state index < -0.39 is 0 Å². The zero-order valence-electron chi connectivity index (χ0n) is 23.7. The summed E-state index contributed by atoms with van der Waals surface area (Å²) in [4.78, 5) is 0. The zero-order chi connectivity index (χ0) is 27.2. The van der Waals surface area contributed by atoms with Gasteiger partial charge in [0.05, 0.1) is 0 Å². The maximum atomic E-state index is 10.5. The topological polar surface area (TPSA) is 40.5 Å². The minimum absolute atomic E-state index is 0.0614. The lowest BCUT2D eigenvalue weighted by Gasteiger charge is -2.28. The van der Waals surface area contributed by atoms with Gasteiger partial charge in [-0.25, -0.2) is 0 Å². The Morgan fingerprint density at radius 2 is 0.865 bits per heavy atom. The molecule has 0 aromatic heterocycles. The van der Waals surface area contributed by atoms with Gasteiger partial charge in [-0.05, 0) is 115 Å². The highest BCUT2D eigenvalue weighted by Gasteiger charge is 2.26. The van der Waals surface area contributed by atoms with Crippen molar-refractivity contribution in [3.05, 3.63) is 127 Å². The van der Waals surface area contributed by atoms with E-state index in [4.69, 9.17) is 0 Å². The molecule has 2 N–H and O–H groups in total. The minimum Gasteiger partial charge on any atom is -0.507 e. The highest BCUT2D eigenvalue weighted by Crippen LogP contribution is 2.39. The van der Waals surface area contributed by atoms with Gasteiger partial charge in [0.15, 0.2) is 0 Å². The molecule has 0 heterocycles. The number of aryl methyl sites for hydroxylation is 6. The van der Waals surface area contributed by atoms with E-state index in [2.05, 4.69) is 95.3 Å². The maximum absolute atomic E-state index is 10.5. The fraction of sp³-hybridized carbons (Fsp3) is 0.314. The quantitative estimate of drug-likeness (QED) is 0.273. The van der Waals surface area contributed by atoms with E-state index in [0.29, 0.717) is 11.5 Å². The Bertz CT molecular complexity index is 1350. The van der Waals surface area contributed by atoms with E-state index in [1.807, 2.05) is 27.7 Å². The molecule has 1 atom stereocenters. The summed E-state index contributed by atoms with van der Waals surface area (Å²) in [5, 5.41) is 20.7. The lowest BCUT2D eigenvalue weighted by molar-refractivity contribution is 0.465. The summed E-state index contributed by atoms with van der Waals surface area (Å²) in [6.07, 6.45) is 0. The van der Waals surface area contributed by atoms with Crippen LogP contribution in [0.3, 0.4) is 0 Å². The van der Waals surface area contributed by atoms with Crippen molar-refractivity contribution in [3.63, 3.8) is 0 Å². The molecule has 0 bridgehead atoms. The van der Waals surface area contributed by atoms with Gasteiger partial charge in [0.25, 0.3) is 0 Å². The van der Waals surface area contributed by atoms with Crippen molar-refractivity contribution in [2.75, 3.05) is 0 Å². The van der Waals surface area contributed by atoms with E-state index in [0.717, 1.165) is 22.3 Å². The van der Waals surface area contributed by atoms with Crippen LogP contribution in [0.2, 0.25) is 0 Å². The number of hydrogen-bond acceptors (Lipinski definition) is 2. The van der Waals surface area contributed by atoms with Crippen LogP contribution in [0.15, 0.2) is 60.7 Å². The van der Waals surface area contributed by atoms with Gasteiger partial charge in [-0.3, -0.25) is 0 Å². The van der Waals surface area contributed by atoms with E-state index in [9.17, 15) is 10.2 Å². The van der Waals surface area contributed by atoms with Crippen LogP contribution in [-0.4, -0.2) is 10.2 Å². The summed E-state index contributed by atoms with van der Waals surface area (Å²) in [6, 6.07) is 22.1. The average Bonchev–Trinajstić information content (AvgIpc) is 2.84. The fourth-order valence-corrected chi connectivity index (χ4v) is 5.54. The van der Waals surface area contributed by atoms with Gasteiger partial charge < -0.3 is 10.2 Å². The Morgan fingerprint density at radius 1 is 0.486 bits per heavy atom. The fourth-order valence-electron chi connectivity index (χ4n) is 5.54. The molecule has 1 unspecified atom stereocenters. The van der Waals surface area contributed by atoms with Crippen molar-refractivity contribution in [2.45, 2.75) is 73.6 Å². The van der Waals surface area contributed by atoms with Crippen LogP contribution < -0.4 is 0 Å². The first-order chi connectivity index (χ1) is 17.3. The third-order valence-corrected chi connectivity index (χ3v) is 8.31. The monoisotopic (exact) mass is 492 g/mol. The Balaban J connectivity index is 1.84. The molecule has 192 valence electrons. The summed E-state index contributed by atoms with van der Waals surface area (Å²) >= 11 is 0.